The molecule has 90 valence electrons. The molecule has 15 heavy (non-hydrogen) atoms. The summed E-state index contributed by atoms with van der Waals surface area (Å²) in [6.45, 7) is 9.38. The maximum atomic E-state index is 11.6. The predicted molar refractivity (Wildman–Crippen MR) is 67.9 cm³/mol. The lowest BCUT2D eigenvalue weighted by molar-refractivity contribution is -0.141. The van der Waals surface area contributed by atoms with E-state index in [0.717, 1.165) is 18.9 Å². The van der Waals surface area contributed by atoms with Crippen LogP contribution in [0.1, 0.15) is 40.5 Å². The second-order valence-corrected chi connectivity index (χ2v) is 9.79. The topological polar surface area (TPSA) is 26.3 Å². The highest BCUT2D eigenvalue weighted by Crippen LogP contribution is 2.25. The van der Waals surface area contributed by atoms with E-state index in [9.17, 15) is 4.79 Å². The van der Waals surface area contributed by atoms with Crippen LogP contribution in [0.5, 0.6) is 0 Å². The first-order chi connectivity index (χ1) is 7.14. The minimum Gasteiger partial charge on any atom is -0.466 e. The van der Waals surface area contributed by atoms with Gasteiger partial charge in [-0.25, -0.2) is 0 Å². The average Bonchev–Trinajstić information content (AvgIpc) is 2.26. The molecule has 0 heterocycles. The third kappa shape index (κ3) is 5.35. The van der Waals surface area contributed by atoms with Crippen molar-refractivity contribution >= 4 is 14.0 Å². The van der Waals surface area contributed by atoms with Gasteiger partial charge in [0.25, 0.3) is 0 Å². The van der Waals surface area contributed by atoms with Gasteiger partial charge in [0.1, 0.15) is 0 Å². The quantitative estimate of drug-likeness (QED) is 0.360. The third-order valence-corrected chi connectivity index (χ3v) is 9.07. The summed E-state index contributed by atoms with van der Waals surface area (Å²) in [6.07, 6.45) is 2.08. The Kier molecular flexibility index (Phi) is 7.75. The molecular weight excluding hydrogens is 204 g/mol. The molecule has 0 bridgehead atoms. The molecule has 0 aliphatic carbocycles. The summed E-state index contributed by atoms with van der Waals surface area (Å²) in [7, 11) is -1.32. The molecule has 0 aromatic rings. The number of carbonyl (C=O) groups excluding carboxylic acids is 1. The highest BCUT2D eigenvalue weighted by atomic mass is 28.3. The highest BCUT2D eigenvalue weighted by molar-refractivity contribution is 6.82. The van der Waals surface area contributed by atoms with E-state index in [1.54, 1.807) is 0 Å². The van der Waals surface area contributed by atoms with Crippen LogP contribution in [0.15, 0.2) is 0 Å². The summed E-state index contributed by atoms with van der Waals surface area (Å²) in [4.78, 5) is 11.6. The van der Waals surface area contributed by atoms with E-state index in [1.807, 2.05) is 0 Å². The minimum absolute atomic E-state index is 0.0423. The molecule has 0 aromatic carbocycles. The molecule has 0 aromatic heterocycles. The molecule has 0 rings (SSSR count). The number of rotatable bonds is 8. The van der Waals surface area contributed by atoms with Crippen molar-refractivity contribution in [3.8, 4) is 0 Å². The number of esters is 1. The normalized spacial score (nSPS) is 11.5. The molecule has 0 fully saturated rings. The summed E-state index contributed by atoms with van der Waals surface area (Å²) in [5, 5.41) is 0. The summed E-state index contributed by atoms with van der Waals surface area (Å²) in [5.74, 6) is 0.0423. The van der Waals surface area contributed by atoms with Crippen molar-refractivity contribution in [3.63, 3.8) is 0 Å². The Hall–Kier alpha value is -0.313. The van der Waals surface area contributed by atoms with Crippen molar-refractivity contribution in [2.75, 3.05) is 6.61 Å². The smallest absolute Gasteiger partial charge is 0.303 e. The van der Waals surface area contributed by atoms with Crippen molar-refractivity contribution in [2.24, 2.45) is 0 Å². The van der Waals surface area contributed by atoms with Crippen LogP contribution in [-0.2, 0) is 9.53 Å². The molecule has 3 heteroatoms. The molecule has 0 aliphatic rings. The Balaban J connectivity index is 4.00. The molecule has 0 spiro atoms. The fourth-order valence-electron chi connectivity index (χ4n) is 1.81. The summed E-state index contributed by atoms with van der Waals surface area (Å²) < 4.78 is 5.24. The van der Waals surface area contributed by atoms with Crippen LogP contribution in [-0.4, -0.2) is 20.7 Å². The lowest BCUT2D eigenvalue weighted by Crippen LogP contribution is -2.34. The van der Waals surface area contributed by atoms with Crippen LogP contribution in [0.2, 0.25) is 24.2 Å². The second-order valence-electron chi connectivity index (χ2n) is 4.31. The number of carbonyl (C=O) groups is 1. The predicted octanol–water partition coefficient (Wildman–Crippen LogP) is 3.84. The van der Waals surface area contributed by atoms with Crippen LogP contribution in [0, 0.1) is 0 Å². The van der Waals surface area contributed by atoms with E-state index < -0.39 is 8.07 Å². The number of hydrogen-bond donors (Lipinski definition) is 0. The Labute approximate surface area is 95.4 Å². The summed E-state index contributed by atoms with van der Waals surface area (Å²) >= 11 is 0. The Bertz CT molecular complexity index is 168. The van der Waals surface area contributed by atoms with Gasteiger partial charge in [-0.05, 0) is 6.42 Å². The largest absolute Gasteiger partial charge is 0.466 e. The number of unbranched alkanes of at least 4 members (excludes halogenated alkanes) is 1. The molecule has 0 atom stereocenters. The molecule has 0 saturated heterocycles. The van der Waals surface area contributed by atoms with E-state index in [-0.39, 0.29) is 5.97 Å². The first-order valence-electron chi connectivity index (χ1n) is 6.29. The van der Waals surface area contributed by atoms with Gasteiger partial charge in [-0.1, -0.05) is 52.2 Å². The van der Waals surface area contributed by atoms with E-state index in [1.165, 1.54) is 18.1 Å². The van der Waals surface area contributed by atoms with E-state index in [2.05, 4.69) is 27.7 Å². The minimum atomic E-state index is -1.32. The van der Waals surface area contributed by atoms with E-state index in [4.69, 9.17) is 4.74 Å². The van der Waals surface area contributed by atoms with Crippen LogP contribution in [0.3, 0.4) is 0 Å². The highest BCUT2D eigenvalue weighted by Gasteiger charge is 2.30. The van der Waals surface area contributed by atoms with Crippen molar-refractivity contribution in [1.29, 1.82) is 0 Å². The third-order valence-electron chi connectivity index (χ3n) is 3.53. The maximum Gasteiger partial charge on any atom is 0.303 e. The van der Waals surface area contributed by atoms with Gasteiger partial charge >= 0.3 is 5.97 Å². The van der Waals surface area contributed by atoms with Crippen molar-refractivity contribution in [3.05, 3.63) is 0 Å². The Morgan fingerprint density at radius 1 is 1.07 bits per heavy atom. The van der Waals surface area contributed by atoms with Gasteiger partial charge < -0.3 is 4.74 Å². The monoisotopic (exact) mass is 230 g/mol. The Morgan fingerprint density at radius 3 is 2.00 bits per heavy atom. The fraction of sp³-hybridized carbons (Fsp3) is 0.917. The molecular formula is C12H26O2Si. The van der Waals surface area contributed by atoms with Gasteiger partial charge in [0, 0.05) is 6.04 Å². The zero-order valence-corrected chi connectivity index (χ0v) is 11.8. The van der Waals surface area contributed by atoms with Crippen molar-refractivity contribution in [2.45, 2.75) is 64.7 Å². The van der Waals surface area contributed by atoms with Gasteiger partial charge in [0.15, 0.2) is 0 Å². The standard InChI is InChI=1S/C12H26O2Si/c1-5-9-10-14-12(13)11-15(6-2,7-3)8-4/h5-11H2,1-4H3. The molecule has 2 nitrogen and oxygen atoms in total. The fourth-order valence-corrected chi connectivity index (χ4v) is 4.78. The first-order valence-corrected chi connectivity index (χ1v) is 9.12. The molecule has 0 unspecified atom stereocenters. The zero-order chi connectivity index (χ0) is 11.7. The van der Waals surface area contributed by atoms with Gasteiger partial charge in [0.05, 0.1) is 14.7 Å². The lowest BCUT2D eigenvalue weighted by Gasteiger charge is -2.26. The van der Waals surface area contributed by atoms with Crippen LogP contribution in [0.25, 0.3) is 0 Å². The lowest BCUT2D eigenvalue weighted by atomic mass is 10.4. The van der Waals surface area contributed by atoms with Crippen LogP contribution >= 0.6 is 0 Å². The molecule has 0 saturated carbocycles. The van der Waals surface area contributed by atoms with Gasteiger partial charge in [-0.15, -0.1) is 0 Å². The van der Waals surface area contributed by atoms with Gasteiger partial charge in [-0.2, -0.15) is 0 Å². The zero-order valence-electron chi connectivity index (χ0n) is 10.8. The summed E-state index contributed by atoms with van der Waals surface area (Å²) in [6, 6.07) is 4.31. The summed E-state index contributed by atoms with van der Waals surface area (Å²) in [5.41, 5.74) is 0. The second kappa shape index (κ2) is 7.91. The van der Waals surface area contributed by atoms with Crippen molar-refractivity contribution in [1.82, 2.24) is 0 Å². The Morgan fingerprint density at radius 2 is 1.60 bits per heavy atom. The van der Waals surface area contributed by atoms with Crippen molar-refractivity contribution < 1.29 is 9.53 Å². The van der Waals surface area contributed by atoms with Crippen LogP contribution in [0.4, 0.5) is 0 Å². The molecule has 0 N–H and O–H groups in total. The molecule has 0 radical (unpaired) electrons. The van der Waals surface area contributed by atoms with E-state index >= 15 is 0 Å². The SMILES string of the molecule is CCCCOC(=O)C[Si](CC)(CC)CC. The van der Waals surface area contributed by atoms with Crippen LogP contribution < -0.4 is 0 Å². The molecule has 0 aliphatic heterocycles. The first kappa shape index (κ1) is 14.7. The van der Waals surface area contributed by atoms with Gasteiger partial charge in [0.2, 0.25) is 0 Å². The number of hydrogen-bond acceptors (Lipinski definition) is 2. The maximum absolute atomic E-state index is 11.6. The molecule has 0 amide bonds. The average molecular weight is 230 g/mol. The number of ether oxygens (including phenoxy) is 1. The van der Waals surface area contributed by atoms with Gasteiger partial charge in [-0.3, -0.25) is 4.79 Å². The van der Waals surface area contributed by atoms with E-state index in [0.29, 0.717) is 6.61 Å².